The lowest BCUT2D eigenvalue weighted by atomic mass is 10.1. The van der Waals surface area contributed by atoms with Crippen LogP contribution in [-0.4, -0.2) is 30.7 Å². The van der Waals surface area contributed by atoms with Crippen LogP contribution in [0, 0.1) is 5.92 Å². The minimum Gasteiger partial charge on any atom is -0.444 e. The summed E-state index contributed by atoms with van der Waals surface area (Å²) in [5.41, 5.74) is 1.52. The summed E-state index contributed by atoms with van der Waals surface area (Å²) in [5.74, 6) is 0.370. The van der Waals surface area contributed by atoms with Gasteiger partial charge in [-0.05, 0) is 44.9 Å². The Hall–Kier alpha value is -2.30. The van der Waals surface area contributed by atoms with Crippen molar-refractivity contribution in [2.45, 2.75) is 39.2 Å². The topological polar surface area (TPSA) is 58.6 Å². The molecule has 1 heterocycles. The van der Waals surface area contributed by atoms with Crippen LogP contribution in [0.4, 0.5) is 10.5 Å². The molecule has 1 aliphatic rings. The zero-order chi connectivity index (χ0) is 17.7. The number of alkyl carbamates (subject to hydrolysis) is 1. The maximum absolute atomic E-state index is 12.0. The van der Waals surface area contributed by atoms with E-state index in [1.54, 1.807) is 4.90 Å². The fourth-order valence-electron chi connectivity index (χ4n) is 2.61. The summed E-state index contributed by atoms with van der Waals surface area (Å²) in [6.45, 7) is 10.5. The molecule has 1 fully saturated rings. The van der Waals surface area contributed by atoms with Crippen LogP contribution >= 0.6 is 0 Å². The summed E-state index contributed by atoms with van der Waals surface area (Å²) in [5, 5.41) is 2.74. The van der Waals surface area contributed by atoms with E-state index in [0.717, 1.165) is 11.3 Å². The van der Waals surface area contributed by atoms with Crippen molar-refractivity contribution in [1.29, 1.82) is 0 Å². The van der Waals surface area contributed by atoms with Gasteiger partial charge in [0.1, 0.15) is 5.60 Å². The van der Waals surface area contributed by atoms with Gasteiger partial charge in [0.2, 0.25) is 5.91 Å². The molecule has 0 aliphatic carbocycles. The lowest BCUT2D eigenvalue weighted by Crippen LogP contribution is -2.33. The molecule has 24 heavy (non-hydrogen) atoms. The number of anilines is 1. The predicted molar refractivity (Wildman–Crippen MR) is 95.0 cm³/mol. The number of nitrogens with one attached hydrogen (secondary N) is 1. The van der Waals surface area contributed by atoms with Gasteiger partial charge in [-0.3, -0.25) is 4.79 Å². The SMILES string of the molecule is C=CC1CC(=O)N(c2ccc(CCNC(=O)OC(C)(C)C)cc2)C1. The highest BCUT2D eigenvalue weighted by Crippen LogP contribution is 2.25. The molecule has 0 radical (unpaired) electrons. The van der Waals surface area contributed by atoms with Gasteiger partial charge in [-0.1, -0.05) is 18.2 Å². The summed E-state index contributed by atoms with van der Waals surface area (Å²) in [4.78, 5) is 25.4. The normalized spacial score (nSPS) is 17.7. The smallest absolute Gasteiger partial charge is 0.407 e. The Morgan fingerprint density at radius 1 is 1.38 bits per heavy atom. The van der Waals surface area contributed by atoms with Crippen molar-refractivity contribution in [3.8, 4) is 0 Å². The third kappa shape index (κ3) is 5.11. The molecule has 1 aliphatic heterocycles. The van der Waals surface area contributed by atoms with Crippen LogP contribution in [0.3, 0.4) is 0 Å². The van der Waals surface area contributed by atoms with Crippen LogP contribution in [0.5, 0.6) is 0 Å². The zero-order valence-electron chi connectivity index (χ0n) is 14.7. The van der Waals surface area contributed by atoms with Gasteiger partial charge in [0.15, 0.2) is 0 Å². The first-order valence-electron chi connectivity index (χ1n) is 8.27. The highest BCUT2D eigenvalue weighted by Gasteiger charge is 2.28. The van der Waals surface area contributed by atoms with Crippen molar-refractivity contribution in [3.63, 3.8) is 0 Å². The molecule has 1 atom stereocenters. The quantitative estimate of drug-likeness (QED) is 0.843. The van der Waals surface area contributed by atoms with E-state index < -0.39 is 11.7 Å². The number of ether oxygens (including phenoxy) is 1. The first-order chi connectivity index (χ1) is 11.3. The van der Waals surface area contributed by atoms with Crippen LogP contribution in [0.15, 0.2) is 36.9 Å². The minimum atomic E-state index is -0.489. The molecule has 5 heteroatoms. The van der Waals surface area contributed by atoms with Gasteiger partial charge in [0.25, 0.3) is 0 Å². The maximum atomic E-state index is 12.0. The van der Waals surface area contributed by atoms with Crippen molar-refractivity contribution in [1.82, 2.24) is 5.32 Å². The maximum Gasteiger partial charge on any atom is 0.407 e. The van der Waals surface area contributed by atoms with E-state index in [4.69, 9.17) is 4.74 Å². The van der Waals surface area contributed by atoms with Crippen molar-refractivity contribution in [2.75, 3.05) is 18.0 Å². The molecule has 1 N–H and O–H groups in total. The fraction of sp³-hybridized carbons (Fsp3) is 0.474. The Morgan fingerprint density at radius 2 is 2.04 bits per heavy atom. The first kappa shape index (κ1) is 18.0. The fourth-order valence-corrected chi connectivity index (χ4v) is 2.61. The van der Waals surface area contributed by atoms with E-state index in [-0.39, 0.29) is 11.8 Å². The average Bonchev–Trinajstić information content (AvgIpc) is 2.87. The molecule has 0 saturated carbocycles. The van der Waals surface area contributed by atoms with E-state index in [0.29, 0.717) is 25.9 Å². The second-order valence-corrected chi connectivity index (χ2v) is 7.05. The lowest BCUT2D eigenvalue weighted by molar-refractivity contribution is -0.117. The van der Waals surface area contributed by atoms with E-state index in [2.05, 4.69) is 11.9 Å². The summed E-state index contributed by atoms with van der Waals surface area (Å²) in [6, 6.07) is 7.87. The van der Waals surface area contributed by atoms with Gasteiger partial charge in [0.05, 0.1) is 0 Å². The monoisotopic (exact) mass is 330 g/mol. The largest absolute Gasteiger partial charge is 0.444 e. The molecule has 2 amide bonds. The van der Waals surface area contributed by atoms with Crippen LogP contribution in [0.25, 0.3) is 0 Å². The molecule has 5 nitrogen and oxygen atoms in total. The van der Waals surface area contributed by atoms with E-state index >= 15 is 0 Å². The summed E-state index contributed by atoms with van der Waals surface area (Å²) >= 11 is 0. The van der Waals surface area contributed by atoms with Gasteiger partial charge in [0, 0.05) is 31.1 Å². The van der Waals surface area contributed by atoms with Crippen molar-refractivity contribution >= 4 is 17.7 Å². The van der Waals surface area contributed by atoms with Crippen molar-refractivity contribution < 1.29 is 14.3 Å². The Bertz CT molecular complexity index is 602. The number of nitrogens with zero attached hydrogens (tertiary/aromatic N) is 1. The summed E-state index contributed by atoms with van der Waals surface area (Å²) in [7, 11) is 0. The number of benzene rings is 1. The molecular weight excluding hydrogens is 304 g/mol. The molecule has 130 valence electrons. The average molecular weight is 330 g/mol. The molecule has 1 aromatic rings. The molecule has 2 rings (SSSR count). The second-order valence-electron chi connectivity index (χ2n) is 7.05. The molecule has 0 bridgehead atoms. The van der Waals surface area contributed by atoms with E-state index in [1.165, 1.54) is 0 Å². The van der Waals surface area contributed by atoms with Gasteiger partial charge >= 0.3 is 6.09 Å². The number of carbonyl (C=O) groups excluding carboxylic acids is 2. The molecule has 0 aromatic heterocycles. The second kappa shape index (κ2) is 7.51. The molecule has 0 spiro atoms. The Labute approximate surface area is 143 Å². The third-order valence-corrected chi connectivity index (χ3v) is 3.82. The van der Waals surface area contributed by atoms with Crippen molar-refractivity contribution in [2.24, 2.45) is 5.92 Å². The van der Waals surface area contributed by atoms with E-state index in [9.17, 15) is 9.59 Å². The Kier molecular flexibility index (Phi) is 5.65. The summed E-state index contributed by atoms with van der Waals surface area (Å²) < 4.78 is 5.19. The highest BCUT2D eigenvalue weighted by atomic mass is 16.6. The number of amides is 2. The number of carbonyl (C=O) groups is 2. The van der Waals surface area contributed by atoms with Crippen LogP contribution in [-0.2, 0) is 16.0 Å². The highest BCUT2D eigenvalue weighted by molar-refractivity contribution is 5.95. The van der Waals surface area contributed by atoms with Gasteiger partial charge in [-0.25, -0.2) is 4.79 Å². The van der Waals surface area contributed by atoms with Gasteiger partial charge < -0.3 is 15.0 Å². The zero-order valence-corrected chi connectivity index (χ0v) is 14.7. The molecular formula is C19H26N2O3. The molecule has 1 unspecified atom stereocenters. The minimum absolute atomic E-state index is 0.138. The standard InChI is InChI=1S/C19H26N2O3/c1-5-14-12-17(22)21(13-14)16-8-6-15(7-9-16)10-11-20-18(23)24-19(2,3)4/h5-9,14H,1,10-13H2,2-4H3,(H,20,23). The van der Waals surface area contributed by atoms with E-state index in [1.807, 2.05) is 51.1 Å². The third-order valence-electron chi connectivity index (χ3n) is 3.82. The lowest BCUT2D eigenvalue weighted by Gasteiger charge is -2.19. The van der Waals surface area contributed by atoms with Crippen molar-refractivity contribution in [3.05, 3.63) is 42.5 Å². The Morgan fingerprint density at radius 3 is 2.58 bits per heavy atom. The van der Waals surface area contributed by atoms with Crippen LogP contribution < -0.4 is 10.2 Å². The molecule has 1 aromatic carbocycles. The Balaban J connectivity index is 1.83. The van der Waals surface area contributed by atoms with Gasteiger partial charge in [-0.15, -0.1) is 6.58 Å². The van der Waals surface area contributed by atoms with Crippen LogP contribution in [0.2, 0.25) is 0 Å². The predicted octanol–water partition coefficient (Wildman–Crippen LogP) is 3.29. The summed E-state index contributed by atoms with van der Waals surface area (Å²) in [6.07, 6.45) is 2.68. The number of rotatable bonds is 5. The number of hydrogen-bond donors (Lipinski definition) is 1. The number of hydrogen-bond acceptors (Lipinski definition) is 3. The van der Waals surface area contributed by atoms with Gasteiger partial charge in [-0.2, -0.15) is 0 Å². The molecule has 1 saturated heterocycles. The first-order valence-corrected chi connectivity index (χ1v) is 8.27. The van der Waals surface area contributed by atoms with Crippen LogP contribution in [0.1, 0.15) is 32.8 Å².